The zero-order valence-electron chi connectivity index (χ0n) is 16.2. The van der Waals surface area contributed by atoms with E-state index in [2.05, 4.69) is 10.1 Å². The Kier molecular flexibility index (Phi) is 6.90. The van der Waals surface area contributed by atoms with E-state index in [0.29, 0.717) is 5.52 Å². The van der Waals surface area contributed by atoms with E-state index in [4.69, 9.17) is 20.5 Å². The van der Waals surface area contributed by atoms with Gasteiger partial charge in [0.25, 0.3) is 0 Å². The first-order chi connectivity index (χ1) is 12.5. The molecule has 0 spiro atoms. The third kappa shape index (κ3) is 6.49. The van der Waals surface area contributed by atoms with Gasteiger partial charge in [0.2, 0.25) is 0 Å². The Morgan fingerprint density at radius 1 is 1.26 bits per heavy atom. The molecule has 2 aromatic rings. The van der Waals surface area contributed by atoms with Gasteiger partial charge in [-0.05, 0) is 23.5 Å². The first-order valence-corrected chi connectivity index (χ1v) is 11.3. The first-order valence-electron chi connectivity index (χ1n) is 8.76. The number of pyridine rings is 1. The van der Waals surface area contributed by atoms with E-state index in [1.54, 1.807) is 24.4 Å². The second-order valence-electron chi connectivity index (χ2n) is 7.92. The first kappa shape index (κ1) is 21.7. The van der Waals surface area contributed by atoms with Crippen LogP contribution >= 0.6 is 18.1 Å². The van der Waals surface area contributed by atoms with Gasteiger partial charge in [-0.3, -0.25) is 9.78 Å². The number of halogens is 1. The molecule has 1 heterocycles. The van der Waals surface area contributed by atoms with Crippen molar-refractivity contribution in [2.75, 3.05) is 6.61 Å². The molecule has 1 aromatic heterocycles. The fourth-order valence-electron chi connectivity index (χ4n) is 2.32. The monoisotopic (exact) mass is 412 g/mol. The predicted octanol–water partition coefficient (Wildman–Crippen LogP) is 5.16. The molecule has 0 amide bonds. The van der Waals surface area contributed by atoms with E-state index in [9.17, 15) is 9.36 Å². The van der Waals surface area contributed by atoms with Gasteiger partial charge in [-0.1, -0.05) is 52.8 Å². The summed E-state index contributed by atoms with van der Waals surface area (Å²) in [4.78, 5) is 16.7. The van der Waals surface area contributed by atoms with Crippen molar-refractivity contribution in [3.63, 3.8) is 0 Å². The van der Waals surface area contributed by atoms with Crippen molar-refractivity contribution in [3.05, 3.63) is 36.5 Å². The quantitative estimate of drug-likeness (QED) is 0.499. The number of fused-ring (bicyclic) bond motifs is 1. The van der Waals surface area contributed by atoms with Crippen LogP contribution in [0.4, 0.5) is 0 Å². The van der Waals surface area contributed by atoms with Gasteiger partial charge in [0, 0.05) is 22.8 Å². The number of carbonyl (C=O) groups is 1. The third-order valence-corrected chi connectivity index (χ3v) is 5.19. The van der Waals surface area contributed by atoms with Gasteiger partial charge in [0.15, 0.2) is 5.75 Å². The maximum atomic E-state index is 12.8. The molecule has 6 nitrogen and oxygen atoms in total. The lowest BCUT2D eigenvalue weighted by atomic mass is 9.98. The molecule has 2 atom stereocenters. The average molecular weight is 413 g/mol. The van der Waals surface area contributed by atoms with Gasteiger partial charge in [-0.25, -0.2) is 9.65 Å². The maximum absolute atomic E-state index is 12.8. The smallest absolute Gasteiger partial charge is 0.409 e. The summed E-state index contributed by atoms with van der Waals surface area (Å²) in [7, 11) is 0. The Morgan fingerprint density at radius 2 is 1.93 bits per heavy atom. The highest BCUT2D eigenvalue weighted by Gasteiger charge is 2.34. The van der Waals surface area contributed by atoms with Gasteiger partial charge in [0.05, 0.1) is 6.61 Å². The van der Waals surface area contributed by atoms with Crippen LogP contribution in [0.15, 0.2) is 36.5 Å². The van der Waals surface area contributed by atoms with Gasteiger partial charge >= 0.3 is 12.8 Å². The molecule has 2 rings (SSSR count). The molecule has 0 fully saturated rings. The van der Waals surface area contributed by atoms with Crippen LogP contribution in [-0.2, 0) is 14.1 Å². The van der Waals surface area contributed by atoms with E-state index in [0.717, 1.165) is 5.39 Å². The Hall–Kier alpha value is -1.62. The molecule has 0 radical (unpaired) electrons. The van der Waals surface area contributed by atoms with E-state index < -0.39 is 18.9 Å². The van der Waals surface area contributed by atoms with Crippen LogP contribution in [0.3, 0.4) is 0 Å². The topological polar surface area (TPSA) is 77.5 Å². The lowest BCUT2D eigenvalue weighted by molar-refractivity contribution is -0.149. The summed E-state index contributed by atoms with van der Waals surface area (Å²) >= 11 is 6.13. The zero-order chi connectivity index (χ0) is 20.2. The lowest BCUT2D eigenvalue weighted by Crippen LogP contribution is -2.41. The number of benzene rings is 1. The van der Waals surface area contributed by atoms with Gasteiger partial charge < -0.3 is 9.26 Å². The van der Waals surface area contributed by atoms with Crippen molar-refractivity contribution in [1.82, 2.24) is 10.1 Å². The second-order valence-corrected chi connectivity index (χ2v) is 10.7. The highest BCUT2D eigenvalue weighted by molar-refractivity contribution is 7.84. The van der Waals surface area contributed by atoms with Crippen molar-refractivity contribution in [3.8, 4) is 5.75 Å². The van der Waals surface area contributed by atoms with Crippen LogP contribution < -0.4 is 9.61 Å². The zero-order valence-corrected chi connectivity index (χ0v) is 17.9. The molecule has 2 unspecified atom stereocenters. The number of ether oxygens (including phenoxy) is 1. The van der Waals surface area contributed by atoms with Crippen molar-refractivity contribution in [2.45, 2.75) is 40.7 Å². The molecular formula is C19H26ClN2O4P. The number of esters is 1. The Bertz CT molecular complexity index is 846. The number of aromatic nitrogens is 1. The summed E-state index contributed by atoms with van der Waals surface area (Å²) in [5.41, 5.74) is 0.367. The SMILES string of the molecule is CC(C)C(NP(=O)(Cl)Oc1cccc2cccnc12)C(=O)OCC(C)(C)C. The summed E-state index contributed by atoms with van der Waals surface area (Å²) in [5.74, 6) is -0.427. The molecule has 8 heteroatoms. The van der Waals surface area contributed by atoms with Crippen LogP contribution in [0.2, 0.25) is 0 Å². The highest BCUT2D eigenvalue weighted by Crippen LogP contribution is 2.50. The van der Waals surface area contributed by atoms with E-state index in [1.165, 1.54) is 0 Å². The summed E-state index contributed by atoms with van der Waals surface area (Å²) in [6.45, 7) is 5.88. The van der Waals surface area contributed by atoms with Crippen LogP contribution in [-0.4, -0.2) is 23.6 Å². The molecule has 27 heavy (non-hydrogen) atoms. The number of hydrogen-bond donors (Lipinski definition) is 1. The minimum Gasteiger partial charge on any atom is -0.464 e. The minimum atomic E-state index is -3.87. The van der Waals surface area contributed by atoms with Gasteiger partial charge in [0.1, 0.15) is 11.6 Å². The summed E-state index contributed by atoms with van der Waals surface area (Å²) < 4.78 is 23.7. The van der Waals surface area contributed by atoms with Crippen LogP contribution in [0.1, 0.15) is 34.6 Å². The molecule has 1 aromatic carbocycles. The molecule has 0 saturated heterocycles. The highest BCUT2D eigenvalue weighted by atomic mass is 35.7. The summed E-state index contributed by atoms with van der Waals surface area (Å²) in [6.07, 6.45) is 1.61. The van der Waals surface area contributed by atoms with Crippen molar-refractivity contribution >= 4 is 35.0 Å². The molecule has 0 aliphatic carbocycles. The van der Waals surface area contributed by atoms with Gasteiger partial charge in [-0.15, -0.1) is 0 Å². The molecule has 0 aliphatic rings. The van der Waals surface area contributed by atoms with Crippen molar-refractivity contribution in [2.24, 2.45) is 11.3 Å². The third-order valence-electron chi connectivity index (χ3n) is 3.67. The van der Waals surface area contributed by atoms with E-state index >= 15 is 0 Å². The van der Waals surface area contributed by atoms with Gasteiger partial charge in [-0.2, -0.15) is 0 Å². The number of hydrogen-bond acceptors (Lipinski definition) is 5. The predicted molar refractivity (Wildman–Crippen MR) is 108 cm³/mol. The number of nitrogens with one attached hydrogen (secondary N) is 1. The molecule has 148 valence electrons. The van der Waals surface area contributed by atoms with Crippen molar-refractivity contribution < 1.29 is 18.6 Å². The van der Waals surface area contributed by atoms with Crippen molar-refractivity contribution in [1.29, 1.82) is 0 Å². The van der Waals surface area contributed by atoms with Crippen LogP contribution in [0, 0.1) is 11.3 Å². The Labute approximate surface area is 164 Å². The molecule has 0 bridgehead atoms. The lowest BCUT2D eigenvalue weighted by Gasteiger charge is -2.25. The molecule has 0 saturated carbocycles. The molecule has 1 N–H and O–H groups in total. The Morgan fingerprint density at radius 3 is 2.56 bits per heavy atom. The van der Waals surface area contributed by atoms with E-state index in [1.807, 2.05) is 46.8 Å². The standard InChI is InChI=1S/C19H26ClN2O4P/c1-13(2)16(18(23)25-12-19(3,4)5)22-27(20,24)26-15-10-6-8-14-9-7-11-21-17(14)15/h6-11,13,16H,12H2,1-5H3,(H,22,24). The molecular weight excluding hydrogens is 387 g/mol. The fourth-order valence-corrected chi connectivity index (χ4v) is 4.05. The minimum absolute atomic E-state index is 0.174. The van der Waals surface area contributed by atoms with Crippen LogP contribution in [0.25, 0.3) is 10.9 Å². The molecule has 0 aliphatic heterocycles. The number of rotatable bonds is 7. The fraction of sp³-hybridized carbons (Fsp3) is 0.474. The summed E-state index contributed by atoms with van der Waals surface area (Å²) in [5, 5.41) is 3.47. The largest absolute Gasteiger partial charge is 0.464 e. The van der Waals surface area contributed by atoms with Crippen LogP contribution in [0.5, 0.6) is 5.75 Å². The van der Waals surface area contributed by atoms with E-state index in [-0.39, 0.29) is 23.7 Å². The number of nitrogens with zero attached hydrogens (tertiary/aromatic N) is 1. The Balaban J connectivity index is 2.16. The number of para-hydroxylation sites is 1. The average Bonchev–Trinajstić information content (AvgIpc) is 2.57. The summed E-state index contributed by atoms with van der Waals surface area (Å²) in [6, 6.07) is 8.05. The number of carbonyl (C=O) groups excluding carboxylic acids is 1. The normalized spacial score (nSPS) is 15.4. The maximum Gasteiger partial charge on any atom is 0.409 e. The second kappa shape index (κ2) is 8.59.